The quantitative estimate of drug-likeness (QED) is 0.427. The van der Waals surface area contributed by atoms with Crippen LogP contribution in [0.2, 0.25) is 0 Å². The molecule has 3 saturated carbocycles. The lowest BCUT2D eigenvalue weighted by molar-refractivity contribution is -0.0520. The molecular weight excluding hydrogens is 336 g/mol. The molecule has 0 bridgehead atoms. The van der Waals surface area contributed by atoms with Crippen molar-refractivity contribution in [1.29, 1.82) is 0 Å². The largest absolute Gasteiger partial charge is 0.0859 e. The monoisotopic (exact) mass is 382 g/mol. The number of hydrogen-bond donors (Lipinski definition) is 0. The lowest BCUT2D eigenvalue weighted by Gasteiger charge is -2.58. The van der Waals surface area contributed by atoms with Gasteiger partial charge in [-0.25, -0.2) is 0 Å². The summed E-state index contributed by atoms with van der Waals surface area (Å²) in [6, 6.07) is 0. The topological polar surface area (TPSA) is 0 Å². The zero-order valence-corrected chi connectivity index (χ0v) is 19.7. The fraction of sp³-hybridized carbons (Fsp3) is 0.857. The maximum atomic E-state index is 2.74. The predicted molar refractivity (Wildman–Crippen MR) is 122 cm³/mol. The van der Waals surface area contributed by atoms with E-state index in [1.54, 1.807) is 0 Å². The van der Waals surface area contributed by atoms with Gasteiger partial charge in [0, 0.05) is 0 Å². The van der Waals surface area contributed by atoms with Crippen molar-refractivity contribution >= 4 is 0 Å². The van der Waals surface area contributed by atoms with Gasteiger partial charge in [-0.05, 0) is 124 Å². The van der Waals surface area contributed by atoms with Gasteiger partial charge in [0.15, 0.2) is 0 Å². The lowest BCUT2D eigenvalue weighted by atomic mass is 9.46. The summed E-state index contributed by atoms with van der Waals surface area (Å²) in [6.45, 7) is 14.9. The van der Waals surface area contributed by atoms with E-state index < -0.39 is 0 Å². The smallest absolute Gasteiger partial charge is 0.00851 e. The minimum atomic E-state index is 0.546. The molecule has 3 fully saturated rings. The first-order valence-corrected chi connectivity index (χ1v) is 12.6. The molecule has 0 nitrogen and oxygen atoms in total. The van der Waals surface area contributed by atoms with E-state index in [-0.39, 0.29) is 0 Å². The molecule has 0 heterocycles. The molecule has 8 atom stereocenters. The first kappa shape index (κ1) is 20.7. The molecule has 0 aromatic carbocycles. The van der Waals surface area contributed by atoms with Crippen molar-refractivity contribution < 1.29 is 0 Å². The fourth-order valence-corrected chi connectivity index (χ4v) is 8.65. The van der Waals surface area contributed by atoms with Gasteiger partial charge in [0.25, 0.3) is 0 Å². The summed E-state index contributed by atoms with van der Waals surface area (Å²) >= 11 is 0. The second-order valence-corrected chi connectivity index (χ2v) is 12.2. The van der Waals surface area contributed by atoms with Gasteiger partial charge < -0.3 is 0 Å². The Kier molecular flexibility index (Phi) is 5.65. The van der Waals surface area contributed by atoms with Crippen molar-refractivity contribution in [3.63, 3.8) is 0 Å². The van der Waals surface area contributed by atoms with Crippen LogP contribution in [0.1, 0.15) is 106 Å². The Balaban J connectivity index is 1.51. The van der Waals surface area contributed by atoms with Crippen molar-refractivity contribution in [3.05, 3.63) is 23.3 Å². The maximum absolute atomic E-state index is 2.74. The molecule has 0 aromatic heterocycles. The average Bonchev–Trinajstić information content (AvgIpc) is 2.99. The van der Waals surface area contributed by atoms with Crippen LogP contribution < -0.4 is 0 Å². The first-order chi connectivity index (χ1) is 13.3. The molecule has 4 aliphatic rings. The molecule has 0 saturated heterocycles. The summed E-state index contributed by atoms with van der Waals surface area (Å²) in [5, 5.41) is 0. The number of allylic oxidation sites excluding steroid dienone is 4. The van der Waals surface area contributed by atoms with Crippen molar-refractivity contribution in [2.24, 2.45) is 46.3 Å². The van der Waals surface area contributed by atoms with Crippen LogP contribution >= 0.6 is 0 Å². The maximum Gasteiger partial charge on any atom is -0.00851 e. The molecule has 158 valence electrons. The van der Waals surface area contributed by atoms with Crippen molar-refractivity contribution in [3.8, 4) is 0 Å². The van der Waals surface area contributed by atoms with Crippen LogP contribution in [-0.2, 0) is 0 Å². The Bertz CT molecular complexity index is 634. The molecular formula is C28H46. The molecule has 28 heavy (non-hydrogen) atoms. The van der Waals surface area contributed by atoms with Gasteiger partial charge in [-0.3, -0.25) is 0 Å². The fourth-order valence-electron chi connectivity index (χ4n) is 8.65. The van der Waals surface area contributed by atoms with Crippen LogP contribution in [0.5, 0.6) is 0 Å². The summed E-state index contributed by atoms with van der Waals surface area (Å²) in [5.41, 5.74) is 4.52. The summed E-state index contributed by atoms with van der Waals surface area (Å²) in [5.74, 6) is 5.74. The van der Waals surface area contributed by atoms with Crippen LogP contribution in [0.3, 0.4) is 0 Å². The summed E-state index contributed by atoms with van der Waals surface area (Å²) in [7, 11) is 0. The van der Waals surface area contributed by atoms with Crippen LogP contribution in [0.4, 0.5) is 0 Å². The number of rotatable bonds is 4. The molecule has 0 spiro atoms. The normalized spacial score (nSPS) is 46.1. The van der Waals surface area contributed by atoms with E-state index in [0.29, 0.717) is 10.8 Å². The highest BCUT2D eigenvalue weighted by Gasteiger charge is 2.58. The highest BCUT2D eigenvalue weighted by molar-refractivity contribution is 5.25. The van der Waals surface area contributed by atoms with Crippen molar-refractivity contribution in [2.45, 2.75) is 106 Å². The highest BCUT2D eigenvalue weighted by Crippen LogP contribution is 2.67. The van der Waals surface area contributed by atoms with Crippen molar-refractivity contribution in [2.75, 3.05) is 0 Å². The Hall–Kier alpha value is -0.520. The van der Waals surface area contributed by atoms with Gasteiger partial charge in [-0.15, -0.1) is 0 Å². The van der Waals surface area contributed by atoms with E-state index in [0.717, 1.165) is 35.5 Å². The molecule has 4 unspecified atom stereocenters. The van der Waals surface area contributed by atoms with E-state index in [1.807, 2.05) is 5.57 Å². The predicted octanol–water partition coefficient (Wildman–Crippen LogP) is 8.58. The van der Waals surface area contributed by atoms with Gasteiger partial charge in [-0.1, -0.05) is 51.0 Å². The Morgan fingerprint density at radius 3 is 2.64 bits per heavy atom. The highest BCUT2D eigenvalue weighted by atomic mass is 14.6. The molecule has 4 rings (SSSR count). The minimum Gasteiger partial charge on any atom is -0.0859 e. The van der Waals surface area contributed by atoms with Gasteiger partial charge in [0.05, 0.1) is 0 Å². The van der Waals surface area contributed by atoms with Crippen LogP contribution in [-0.4, -0.2) is 0 Å². The van der Waals surface area contributed by atoms with Gasteiger partial charge in [-0.2, -0.15) is 0 Å². The standard InChI is InChI=1S/C28H46/c1-19(2)8-7-9-21(4)24-12-13-25-23-11-10-22-18-20(3)14-16-27(22,5)26(23)15-17-28(24,25)6/h8,10,20-21,23-26H,7,9,11-18H2,1-6H3/t20-,21+,23?,24?,25?,26?,27-,28+/m0/s1. The first-order valence-electron chi connectivity index (χ1n) is 12.6. The summed E-state index contributed by atoms with van der Waals surface area (Å²) in [6.07, 6.45) is 19.7. The molecule has 4 aliphatic carbocycles. The average molecular weight is 383 g/mol. The van der Waals surface area contributed by atoms with E-state index in [1.165, 1.54) is 69.8 Å². The SMILES string of the molecule is CC(C)=CCC[C@@H](C)C1CCC2C3CC=C4C[C@@H](C)CC[C@]4(C)C3CC[C@@]21C. The Labute approximate surface area is 175 Å². The van der Waals surface area contributed by atoms with E-state index in [4.69, 9.17) is 0 Å². The molecule has 0 N–H and O–H groups in total. The number of hydrogen-bond acceptors (Lipinski definition) is 0. The van der Waals surface area contributed by atoms with Gasteiger partial charge in [0.2, 0.25) is 0 Å². The Morgan fingerprint density at radius 1 is 1.11 bits per heavy atom. The van der Waals surface area contributed by atoms with Gasteiger partial charge in [0.1, 0.15) is 0 Å². The summed E-state index contributed by atoms with van der Waals surface area (Å²) < 4.78 is 0. The van der Waals surface area contributed by atoms with Crippen LogP contribution in [0.25, 0.3) is 0 Å². The molecule has 0 amide bonds. The molecule has 0 heteroatoms. The summed E-state index contributed by atoms with van der Waals surface area (Å²) in [4.78, 5) is 0. The minimum absolute atomic E-state index is 0.546. The second kappa shape index (κ2) is 7.63. The van der Waals surface area contributed by atoms with E-state index in [2.05, 4.69) is 53.7 Å². The Morgan fingerprint density at radius 2 is 1.89 bits per heavy atom. The van der Waals surface area contributed by atoms with Crippen LogP contribution in [0.15, 0.2) is 23.3 Å². The lowest BCUT2D eigenvalue weighted by Crippen LogP contribution is -2.50. The van der Waals surface area contributed by atoms with E-state index in [9.17, 15) is 0 Å². The van der Waals surface area contributed by atoms with E-state index >= 15 is 0 Å². The third-order valence-electron chi connectivity index (χ3n) is 10.3. The third kappa shape index (κ3) is 3.35. The zero-order valence-electron chi connectivity index (χ0n) is 19.7. The number of fused-ring (bicyclic) bond motifs is 5. The molecule has 0 aromatic rings. The van der Waals surface area contributed by atoms with Gasteiger partial charge >= 0.3 is 0 Å². The van der Waals surface area contributed by atoms with Crippen molar-refractivity contribution in [1.82, 2.24) is 0 Å². The molecule has 0 aliphatic heterocycles. The van der Waals surface area contributed by atoms with Crippen LogP contribution in [0, 0.1) is 46.3 Å². The third-order valence-corrected chi connectivity index (χ3v) is 10.3. The zero-order chi connectivity index (χ0) is 20.1. The second-order valence-electron chi connectivity index (χ2n) is 12.2. The molecule has 0 radical (unpaired) electrons.